The van der Waals surface area contributed by atoms with Crippen molar-refractivity contribution in [1.82, 2.24) is 0 Å². The van der Waals surface area contributed by atoms with Crippen molar-refractivity contribution in [2.24, 2.45) is 0 Å². The van der Waals surface area contributed by atoms with Crippen LogP contribution < -0.4 is 9.47 Å². The topological polar surface area (TPSA) is 18.5 Å². The molecule has 0 fully saturated rings. The smallest absolute Gasteiger partial charge is 0.119 e. The lowest BCUT2D eigenvalue weighted by Gasteiger charge is -2.22. The molecule has 5 aromatic rings. The number of hydrogen-bond acceptors (Lipinski definition) is 2. The minimum atomic E-state index is 0.0300. The first kappa shape index (κ1) is 25.4. The van der Waals surface area contributed by atoms with Crippen LogP contribution in [0.3, 0.4) is 0 Å². The van der Waals surface area contributed by atoms with Crippen molar-refractivity contribution < 1.29 is 9.47 Å². The molecule has 0 N–H and O–H groups in total. The van der Waals surface area contributed by atoms with Gasteiger partial charge in [-0.15, -0.1) is 0 Å². The van der Waals surface area contributed by atoms with Crippen molar-refractivity contribution in [3.8, 4) is 33.8 Å². The number of benzene rings is 5. The number of ether oxygens (including phenoxy) is 2. The predicted octanol–water partition coefficient (Wildman–Crippen LogP) is 9.48. The SMILES string of the molecule is CC(C)(C)c1cc(-c2ccc(OCc3ccccc3)cc2)cc(-c2ccc(OCc3ccccc3)cc2)c1. The molecule has 0 spiro atoms. The van der Waals surface area contributed by atoms with Gasteiger partial charge in [-0.2, -0.15) is 0 Å². The third-order valence-corrected chi connectivity index (χ3v) is 6.67. The first-order valence-corrected chi connectivity index (χ1v) is 13.1. The zero-order valence-corrected chi connectivity index (χ0v) is 22.4. The molecule has 0 amide bonds. The second kappa shape index (κ2) is 11.4. The zero-order valence-electron chi connectivity index (χ0n) is 22.4. The molecule has 5 aromatic carbocycles. The highest BCUT2D eigenvalue weighted by Gasteiger charge is 2.17. The number of rotatable bonds is 8. The van der Waals surface area contributed by atoms with E-state index in [1.165, 1.54) is 27.8 Å². The van der Waals surface area contributed by atoms with Crippen molar-refractivity contribution in [1.29, 1.82) is 0 Å². The van der Waals surface area contributed by atoms with Crippen LogP contribution >= 0.6 is 0 Å². The fourth-order valence-corrected chi connectivity index (χ4v) is 4.36. The quantitative estimate of drug-likeness (QED) is 0.212. The van der Waals surface area contributed by atoms with Crippen LogP contribution in [0.15, 0.2) is 127 Å². The summed E-state index contributed by atoms with van der Waals surface area (Å²) in [6, 6.07) is 44.2. The van der Waals surface area contributed by atoms with Crippen molar-refractivity contribution in [3.63, 3.8) is 0 Å². The van der Waals surface area contributed by atoms with Gasteiger partial charge in [-0.05, 0) is 74.7 Å². The Morgan fingerprint density at radius 1 is 0.447 bits per heavy atom. The molecular formula is C36H34O2. The molecule has 0 saturated carbocycles. The van der Waals surface area contributed by atoms with Gasteiger partial charge < -0.3 is 9.47 Å². The van der Waals surface area contributed by atoms with E-state index in [0.717, 1.165) is 22.6 Å². The van der Waals surface area contributed by atoms with E-state index in [2.05, 4.69) is 112 Å². The average Bonchev–Trinajstić information content (AvgIpc) is 2.96. The Morgan fingerprint density at radius 2 is 0.842 bits per heavy atom. The molecule has 5 rings (SSSR count). The van der Waals surface area contributed by atoms with Gasteiger partial charge in [-0.1, -0.05) is 118 Å². The van der Waals surface area contributed by atoms with Crippen LogP contribution in [0.1, 0.15) is 37.5 Å². The number of hydrogen-bond donors (Lipinski definition) is 0. The molecule has 0 radical (unpaired) electrons. The van der Waals surface area contributed by atoms with Crippen molar-refractivity contribution in [3.05, 3.63) is 144 Å². The van der Waals surface area contributed by atoms with Crippen LogP contribution in [0.25, 0.3) is 22.3 Å². The van der Waals surface area contributed by atoms with E-state index in [-0.39, 0.29) is 5.41 Å². The highest BCUT2D eigenvalue weighted by atomic mass is 16.5. The molecule has 0 saturated heterocycles. The van der Waals surface area contributed by atoms with E-state index < -0.39 is 0 Å². The van der Waals surface area contributed by atoms with Crippen LogP contribution in [0.4, 0.5) is 0 Å². The maximum Gasteiger partial charge on any atom is 0.119 e. The second-order valence-electron chi connectivity index (χ2n) is 10.6. The average molecular weight is 499 g/mol. The van der Waals surface area contributed by atoms with Crippen LogP contribution in [0.5, 0.6) is 11.5 Å². The van der Waals surface area contributed by atoms with Crippen molar-refractivity contribution in [2.45, 2.75) is 39.4 Å². The third kappa shape index (κ3) is 6.52. The zero-order chi connectivity index (χ0) is 26.4. The van der Waals surface area contributed by atoms with E-state index in [0.29, 0.717) is 13.2 Å². The Bertz CT molecular complexity index is 1340. The van der Waals surface area contributed by atoms with Crippen LogP contribution in [-0.2, 0) is 18.6 Å². The summed E-state index contributed by atoms with van der Waals surface area (Å²) in [5.41, 5.74) is 8.41. The minimum Gasteiger partial charge on any atom is -0.489 e. The fraction of sp³-hybridized carbons (Fsp3) is 0.167. The summed E-state index contributed by atoms with van der Waals surface area (Å²) in [5.74, 6) is 1.74. The lowest BCUT2D eigenvalue weighted by Crippen LogP contribution is -2.11. The van der Waals surface area contributed by atoms with Gasteiger partial charge in [0.25, 0.3) is 0 Å². The van der Waals surface area contributed by atoms with Gasteiger partial charge in [-0.3, -0.25) is 0 Å². The van der Waals surface area contributed by atoms with Crippen molar-refractivity contribution in [2.75, 3.05) is 0 Å². The molecule has 0 aliphatic carbocycles. The summed E-state index contributed by atoms with van der Waals surface area (Å²) in [4.78, 5) is 0. The highest BCUT2D eigenvalue weighted by molar-refractivity contribution is 5.75. The van der Waals surface area contributed by atoms with Crippen LogP contribution in [0.2, 0.25) is 0 Å². The van der Waals surface area contributed by atoms with Gasteiger partial charge in [0.2, 0.25) is 0 Å². The Hall–Kier alpha value is -4.30. The Balaban J connectivity index is 1.36. The lowest BCUT2D eigenvalue weighted by molar-refractivity contribution is 0.306. The molecule has 0 heterocycles. The summed E-state index contributed by atoms with van der Waals surface area (Å²) in [6.45, 7) is 7.91. The first-order valence-electron chi connectivity index (χ1n) is 13.1. The third-order valence-electron chi connectivity index (χ3n) is 6.67. The maximum absolute atomic E-state index is 6.00. The molecule has 190 valence electrons. The summed E-state index contributed by atoms with van der Waals surface area (Å²) in [6.07, 6.45) is 0. The largest absolute Gasteiger partial charge is 0.489 e. The lowest BCUT2D eigenvalue weighted by atomic mass is 9.83. The molecule has 0 aliphatic heterocycles. The van der Waals surface area contributed by atoms with E-state index in [4.69, 9.17) is 9.47 Å². The molecule has 0 aromatic heterocycles. The molecule has 0 aliphatic rings. The van der Waals surface area contributed by atoms with Gasteiger partial charge >= 0.3 is 0 Å². The van der Waals surface area contributed by atoms with Gasteiger partial charge in [0, 0.05) is 0 Å². The van der Waals surface area contributed by atoms with Crippen LogP contribution in [0, 0.1) is 0 Å². The summed E-state index contributed by atoms with van der Waals surface area (Å²) in [5, 5.41) is 0. The Morgan fingerprint density at radius 3 is 1.21 bits per heavy atom. The summed E-state index contributed by atoms with van der Waals surface area (Å²) < 4.78 is 12.0. The highest BCUT2D eigenvalue weighted by Crippen LogP contribution is 2.34. The summed E-state index contributed by atoms with van der Waals surface area (Å²) >= 11 is 0. The van der Waals surface area contributed by atoms with E-state index in [1.54, 1.807) is 0 Å². The molecular weight excluding hydrogens is 464 g/mol. The van der Waals surface area contributed by atoms with Gasteiger partial charge in [-0.25, -0.2) is 0 Å². The monoisotopic (exact) mass is 498 g/mol. The molecule has 2 nitrogen and oxygen atoms in total. The minimum absolute atomic E-state index is 0.0300. The van der Waals surface area contributed by atoms with Gasteiger partial charge in [0.1, 0.15) is 24.7 Å². The Labute approximate surface area is 226 Å². The van der Waals surface area contributed by atoms with Gasteiger partial charge in [0.15, 0.2) is 0 Å². The van der Waals surface area contributed by atoms with E-state index in [1.807, 2.05) is 36.4 Å². The predicted molar refractivity (Wildman–Crippen MR) is 158 cm³/mol. The molecule has 0 unspecified atom stereocenters. The Kier molecular flexibility index (Phi) is 7.60. The maximum atomic E-state index is 6.00. The molecule has 2 heteroatoms. The van der Waals surface area contributed by atoms with Crippen molar-refractivity contribution >= 4 is 0 Å². The summed E-state index contributed by atoms with van der Waals surface area (Å²) in [7, 11) is 0. The van der Waals surface area contributed by atoms with Crippen LogP contribution in [-0.4, -0.2) is 0 Å². The fourth-order valence-electron chi connectivity index (χ4n) is 4.36. The first-order chi connectivity index (χ1) is 18.4. The van der Waals surface area contributed by atoms with Gasteiger partial charge in [0.05, 0.1) is 0 Å². The normalized spacial score (nSPS) is 11.2. The molecule has 0 atom stereocenters. The second-order valence-corrected chi connectivity index (χ2v) is 10.6. The standard InChI is InChI=1S/C36H34O2/c1-36(2,3)33-23-31(29-14-18-34(19-15-29)37-25-27-10-6-4-7-11-27)22-32(24-33)30-16-20-35(21-17-30)38-26-28-12-8-5-9-13-28/h4-24H,25-26H2,1-3H3. The van der Waals surface area contributed by atoms with E-state index >= 15 is 0 Å². The molecule has 0 bridgehead atoms. The van der Waals surface area contributed by atoms with E-state index in [9.17, 15) is 0 Å². The molecule has 38 heavy (non-hydrogen) atoms.